The quantitative estimate of drug-likeness (QED) is 0.697. The number of hydrogen-bond acceptors (Lipinski definition) is 3. The number of aliphatic carboxylic acids is 1. The van der Waals surface area contributed by atoms with Crippen LogP contribution in [0.1, 0.15) is 19.3 Å². The van der Waals surface area contributed by atoms with Crippen LogP contribution in [-0.2, 0) is 4.79 Å². The van der Waals surface area contributed by atoms with Gasteiger partial charge in [0.1, 0.15) is 0 Å². The van der Waals surface area contributed by atoms with E-state index in [1.807, 2.05) is 0 Å². The summed E-state index contributed by atoms with van der Waals surface area (Å²) in [5.41, 5.74) is 0. The van der Waals surface area contributed by atoms with Gasteiger partial charge < -0.3 is 10.0 Å². The second-order valence-electron chi connectivity index (χ2n) is 3.39. The molecule has 0 saturated carbocycles. The topological polar surface area (TPSA) is 64.3 Å². The molecule has 1 aliphatic rings. The summed E-state index contributed by atoms with van der Waals surface area (Å²) in [5, 5.41) is 17.2. The summed E-state index contributed by atoms with van der Waals surface area (Å²) in [4.78, 5) is 12.7. The zero-order valence-corrected chi connectivity index (χ0v) is 7.57. The molecule has 0 aromatic rings. The van der Waals surface area contributed by atoms with Crippen molar-refractivity contribution in [2.45, 2.75) is 19.3 Å². The van der Waals surface area contributed by atoms with Crippen molar-refractivity contribution in [2.24, 2.45) is 5.92 Å². The third kappa shape index (κ3) is 3.03. The lowest BCUT2D eigenvalue weighted by Gasteiger charge is -2.29. The van der Waals surface area contributed by atoms with Gasteiger partial charge in [0.2, 0.25) is 0 Å². The van der Waals surface area contributed by atoms with Crippen LogP contribution < -0.4 is 0 Å². The van der Waals surface area contributed by atoms with Crippen molar-refractivity contribution in [1.29, 1.82) is 5.26 Å². The molecule has 4 nitrogen and oxygen atoms in total. The third-order valence-electron chi connectivity index (χ3n) is 2.39. The first-order valence-corrected chi connectivity index (χ1v) is 4.56. The average molecular weight is 182 g/mol. The third-order valence-corrected chi connectivity index (χ3v) is 2.39. The molecule has 1 rings (SSSR count). The Morgan fingerprint density at radius 1 is 1.69 bits per heavy atom. The maximum Gasteiger partial charge on any atom is 0.307 e. The standard InChI is InChI=1S/C9H14N2O2/c10-4-2-6-11-5-1-3-8(7-11)9(12)13/h8H,1-3,5-7H2,(H,12,13)/t8-/m1/s1. The zero-order chi connectivity index (χ0) is 9.68. The van der Waals surface area contributed by atoms with Crippen molar-refractivity contribution in [3.8, 4) is 6.07 Å². The van der Waals surface area contributed by atoms with E-state index in [1.54, 1.807) is 0 Å². The first-order valence-electron chi connectivity index (χ1n) is 4.56. The highest BCUT2D eigenvalue weighted by Crippen LogP contribution is 2.16. The Kier molecular flexibility index (Phi) is 3.71. The molecular weight excluding hydrogens is 168 g/mol. The lowest BCUT2D eigenvalue weighted by Crippen LogP contribution is -2.39. The van der Waals surface area contributed by atoms with E-state index < -0.39 is 5.97 Å². The monoisotopic (exact) mass is 182 g/mol. The molecule has 1 saturated heterocycles. The fourth-order valence-electron chi connectivity index (χ4n) is 1.67. The molecule has 0 unspecified atom stereocenters. The van der Waals surface area contributed by atoms with Crippen LogP contribution in [0.3, 0.4) is 0 Å². The number of carboxylic acids is 1. The van der Waals surface area contributed by atoms with Crippen LogP contribution in [0.5, 0.6) is 0 Å². The Balaban J connectivity index is 2.34. The molecule has 1 N–H and O–H groups in total. The van der Waals surface area contributed by atoms with Crippen molar-refractivity contribution >= 4 is 5.97 Å². The minimum Gasteiger partial charge on any atom is -0.481 e. The number of nitriles is 1. The first-order chi connectivity index (χ1) is 6.24. The Morgan fingerprint density at radius 3 is 3.08 bits per heavy atom. The second-order valence-corrected chi connectivity index (χ2v) is 3.39. The van der Waals surface area contributed by atoms with Crippen LogP contribution in [0.4, 0.5) is 0 Å². The van der Waals surface area contributed by atoms with Crippen molar-refractivity contribution < 1.29 is 9.90 Å². The van der Waals surface area contributed by atoms with Gasteiger partial charge in [-0.1, -0.05) is 0 Å². The maximum atomic E-state index is 10.7. The predicted octanol–water partition coefficient (Wildman–Crippen LogP) is 0.697. The van der Waals surface area contributed by atoms with Crippen LogP contribution in [0, 0.1) is 17.2 Å². The van der Waals surface area contributed by atoms with Gasteiger partial charge in [-0.15, -0.1) is 0 Å². The summed E-state index contributed by atoms with van der Waals surface area (Å²) >= 11 is 0. The summed E-state index contributed by atoms with van der Waals surface area (Å²) < 4.78 is 0. The highest BCUT2D eigenvalue weighted by molar-refractivity contribution is 5.70. The van der Waals surface area contributed by atoms with E-state index in [4.69, 9.17) is 10.4 Å². The fraction of sp³-hybridized carbons (Fsp3) is 0.778. The van der Waals surface area contributed by atoms with E-state index in [-0.39, 0.29) is 5.92 Å². The molecule has 72 valence electrons. The normalized spacial score (nSPS) is 23.8. The highest BCUT2D eigenvalue weighted by Gasteiger charge is 2.24. The van der Waals surface area contributed by atoms with E-state index in [0.717, 1.165) is 19.4 Å². The van der Waals surface area contributed by atoms with E-state index in [9.17, 15) is 4.79 Å². The molecule has 0 aromatic heterocycles. The van der Waals surface area contributed by atoms with Gasteiger partial charge in [-0.2, -0.15) is 5.26 Å². The van der Waals surface area contributed by atoms with Gasteiger partial charge in [-0.3, -0.25) is 4.79 Å². The van der Waals surface area contributed by atoms with E-state index in [2.05, 4.69) is 11.0 Å². The minimum atomic E-state index is -0.707. The summed E-state index contributed by atoms with van der Waals surface area (Å²) in [7, 11) is 0. The number of likely N-dealkylation sites (tertiary alicyclic amines) is 1. The molecule has 1 aliphatic heterocycles. The molecule has 0 amide bonds. The van der Waals surface area contributed by atoms with Crippen LogP contribution in [0.2, 0.25) is 0 Å². The zero-order valence-electron chi connectivity index (χ0n) is 7.57. The second kappa shape index (κ2) is 4.83. The first kappa shape index (κ1) is 10.0. The van der Waals surface area contributed by atoms with Crippen LogP contribution in [0.15, 0.2) is 0 Å². The molecule has 0 aromatic carbocycles. The molecule has 13 heavy (non-hydrogen) atoms. The number of piperidine rings is 1. The van der Waals surface area contributed by atoms with Crippen molar-refractivity contribution in [3.63, 3.8) is 0 Å². The molecule has 4 heteroatoms. The smallest absolute Gasteiger partial charge is 0.307 e. The Bertz CT molecular complexity index is 222. The number of carboxylic acid groups (broad SMARTS) is 1. The molecule has 1 fully saturated rings. The lowest BCUT2D eigenvalue weighted by atomic mass is 9.98. The van der Waals surface area contributed by atoms with E-state index in [0.29, 0.717) is 19.5 Å². The Hall–Kier alpha value is -1.08. The van der Waals surface area contributed by atoms with Gasteiger partial charge in [0.25, 0.3) is 0 Å². The van der Waals surface area contributed by atoms with Gasteiger partial charge in [0.15, 0.2) is 0 Å². The van der Waals surface area contributed by atoms with Crippen LogP contribution >= 0.6 is 0 Å². The molecule has 0 radical (unpaired) electrons. The maximum absolute atomic E-state index is 10.7. The molecule has 0 spiro atoms. The molecule has 0 aliphatic carbocycles. The van der Waals surface area contributed by atoms with E-state index in [1.165, 1.54) is 0 Å². The van der Waals surface area contributed by atoms with Crippen molar-refractivity contribution in [1.82, 2.24) is 4.90 Å². The number of rotatable bonds is 3. The number of nitrogens with zero attached hydrogens (tertiary/aromatic N) is 2. The van der Waals surface area contributed by atoms with Crippen molar-refractivity contribution in [2.75, 3.05) is 19.6 Å². The van der Waals surface area contributed by atoms with Crippen molar-refractivity contribution in [3.05, 3.63) is 0 Å². The average Bonchev–Trinajstić information content (AvgIpc) is 2.15. The van der Waals surface area contributed by atoms with Gasteiger partial charge in [0, 0.05) is 19.5 Å². The van der Waals surface area contributed by atoms with Gasteiger partial charge in [-0.05, 0) is 19.4 Å². The molecule has 1 atom stereocenters. The van der Waals surface area contributed by atoms with Gasteiger partial charge >= 0.3 is 5.97 Å². The molecule has 0 bridgehead atoms. The minimum absolute atomic E-state index is 0.229. The largest absolute Gasteiger partial charge is 0.481 e. The Morgan fingerprint density at radius 2 is 2.46 bits per heavy atom. The number of carbonyl (C=O) groups is 1. The molecular formula is C9H14N2O2. The van der Waals surface area contributed by atoms with Gasteiger partial charge in [0.05, 0.1) is 12.0 Å². The summed E-state index contributed by atoms with van der Waals surface area (Å²) in [6, 6.07) is 2.07. The lowest BCUT2D eigenvalue weighted by molar-refractivity contribution is -0.143. The van der Waals surface area contributed by atoms with Crippen LogP contribution in [0.25, 0.3) is 0 Å². The highest BCUT2D eigenvalue weighted by atomic mass is 16.4. The summed E-state index contributed by atoms with van der Waals surface area (Å²) in [6.45, 7) is 2.25. The van der Waals surface area contributed by atoms with Crippen LogP contribution in [-0.4, -0.2) is 35.6 Å². The summed E-state index contributed by atoms with van der Waals surface area (Å²) in [5.74, 6) is -0.936. The SMILES string of the molecule is N#CCCN1CCC[C@@H](C(=O)O)C1. The number of hydrogen-bond donors (Lipinski definition) is 1. The van der Waals surface area contributed by atoms with E-state index >= 15 is 0 Å². The summed E-state index contributed by atoms with van der Waals surface area (Å²) in [6.07, 6.45) is 2.20. The Labute approximate surface area is 77.8 Å². The molecule has 1 heterocycles. The predicted molar refractivity (Wildman–Crippen MR) is 47.0 cm³/mol. The fourth-order valence-corrected chi connectivity index (χ4v) is 1.67. The van der Waals surface area contributed by atoms with Gasteiger partial charge in [-0.25, -0.2) is 0 Å².